The van der Waals surface area contributed by atoms with Crippen LogP contribution < -0.4 is 0 Å². The smallest absolute Gasteiger partial charge is 0.264 e. The Morgan fingerprint density at radius 1 is 1.33 bits per heavy atom. The third kappa shape index (κ3) is 6.61. The van der Waals surface area contributed by atoms with Crippen molar-refractivity contribution in [2.24, 2.45) is 0 Å². The summed E-state index contributed by atoms with van der Waals surface area (Å²) in [5.74, 6) is 0. The van der Waals surface area contributed by atoms with Gasteiger partial charge in [0, 0.05) is 0 Å². The number of hydrogen-bond acceptors (Lipinski definition) is 3. The topological polar surface area (TPSA) is 43.4 Å². The second-order valence-electron chi connectivity index (χ2n) is 2.97. The predicted molar refractivity (Wildman–Crippen MR) is 49.5 cm³/mol. The van der Waals surface area contributed by atoms with Crippen LogP contribution in [0.3, 0.4) is 0 Å². The zero-order chi connectivity index (χ0) is 9.61. The van der Waals surface area contributed by atoms with Gasteiger partial charge in [0.1, 0.15) is 0 Å². The van der Waals surface area contributed by atoms with Crippen LogP contribution in [0.2, 0.25) is 0 Å². The molecule has 0 N–H and O–H groups in total. The van der Waals surface area contributed by atoms with Crippen molar-refractivity contribution >= 4 is 10.1 Å². The number of unbranched alkanes of at least 4 members (excludes halogenated alkanes) is 1. The van der Waals surface area contributed by atoms with Crippen molar-refractivity contribution in [3.8, 4) is 0 Å². The molecule has 0 aliphatic rings. The molecule has 0 amide bonds. The van der Waals surface area contributed by atoms with Gasteiger partial charge in [-0.3, -0.25) is 4.18 Å². The van der Waals surface area contributed by atoms with E-state index in [-0.39, 0.29) is 6.10 Å². The monoisotopic (exact) mass is 194 g/mol. The zero-order valence-corrected chi connectivity index (χ0v) is 8.86. The van der Waals surface area contributed by atoms with E-state index in [0.29, 0.717) is 0 Å². The predicted octanol–water partition coefficient (Wildman–Crippen LogP) is 1.93. The molecule has 0 rings (SSSR count). The van der Waals surface area contributed by atoms with Crippen LogP contribution >= 0.6 is 0 Å². The molecule has 0 aliphatic carbocycles. The first-order valence-electron chi connectivity index (χ1n) is 4.37. The highest BCUT2D eigenvalue weighted by Gasteiger charge is 2.12. The molecule has 0 saturated carbocycles. The molecule has 0 spiro atoms. The normalized spacial score (nSPS) is 14.6. The summed E-state index contributed by atoms with van der Waals surface area (Å²) in [6, 6.07) is 0. The second kappa shape index (κ2) is 5.54. The summed E-state index contributed by atoms with van der Waals surface area (Å²) < 4.78 is 26.3. The van der Waals surface area contributed by atoms with Gasteiger partial charge in [-0.05, 0) is 12.8 Å². The third-order valence-corrected chi connectivity index (χ3v) is 2.27. The molecule has 0 aromatic carbocycles. The average molecular weight is 194 g/mol. The van der Waals surface area contributed by atoms with Gasteiger partial charge in [-0.1, -0.05) is 26.7 Å². The fraction of sp³-hybridized carbons (Fsp3) is 1.00. The minimum Gasteiger partial charge on any atom is -0.267 e. The van der Waals surface area contributed by atoms with E-state index in [4.69, 9.17) is 4.18 Å². The Morgan fingerprint density at radius 3 is 2.25 bits per heavy atom. The molecule has 0 bridgehead atoms. The third-order valence-electron chi connectivity index (χ3n) is 1.65. The lowest BCUT2D eigenvalue weighted by molar-refractivity contribution is 0.193. The van der Waals surface area contributed by atoms with Gasteiger partial charge in [-0.25, -0.2) is 0 Å². The van der Waals surface area contributed by atoms with Crippen LogP contribution in [-0.4, -0.2) is 20.8 Å². The van der Waals surface area contributed by atoms with Gasteiger partial charge in [0.2, 0.25) is 0 Å². The standard InChI is InChI=1S/C8H18O3S/c1-4-6-7-8(5-2)11-12(3,9)10/h8H,4-7H2,1-3H3. The fourth-order valence-electron chi connectivity index (χ4n) is 0.999. The van der Waals surface area contributed by atoms with E-state index in [0.717, 1.165) is 31.9 Å². The average Bonchev–Trinajstić information content (AvgIpc) is 1.95. The molecule has 4 heteroatoms. The van der Waals surface area contributed by atoms with E-state index in [1.807, 2.05) is 6.92 Å². The Morgan fingerprint density at radius 2 is 1.92 bits per heavy atom. The minimum absolute atomic E-state index is 0.125. The zero-order valence-electron chi connectivity index (χ0n) is 8.04. The molecular formula is C8H18O3S. The Kier molecular flexibility index (Phi) is 5.50. The Labute approximate surface area is 75.2 Å². The van der Waals surface area contributed by atoms with Gasteiger partial charge in [-0.2, -0.15) is 8.42 Å². The van der Waals surface area contributed by atoms with Gasteiger partial charge >= 0.3 is 0 Å². The molecule has 1 atom stereocenters. The molecule has 74 valence electrons. The van der Waals surface area contributed by atoms with E-state index < -0.39 is 10.1 Å². The Hall–Kier alpha value is -0.0900. The summed E-state index contributed by atoms with van der Waals surface area (Å²) in [5.41, 5.74) is 0. The summed E-state index contributed by atoms with van der Waals surface area (Å²) >= 11 is 0. The highest BCUT2D eigenvalue weighted by atomic mass is 32.2. The molecule has 0 radical (unpaired) electrons. The van der Waals surface area contributed by atoms with E-state index in [9.17, 15) is 8.42 Å². The number of rotatable bonds is 6. The van der Waals surface area contributed by atoms with Gasteiger partial charge in [-0.15, -0.1) is 0 Å². The maximum Gasteiger partial charge on any atom is 0.264 e. The van der Waals surface area contributed by atoms with Crippen molar-refractivity contribution < 1.29 is 12.6 Å². The molecule has 0 heterocycles. The Balaban J connectivity index is 3.83. The van der Waals surface area contributed by atoms with Crippen LogP contribution in [0.5, 0.6) is 0 Å². The molecule has 0 saturated heterocycles. The fourth-order valence-corrected chi connectivity index (χ4v) is 1.73. The summed E-state index contributed by atoms with van der Waals surface area (Å²) in [5, 5.41) is 0. The van der Waals surface area contributed by atoms with E-state index >= 15 is 0 Å². The van der Waals surface area contributed by atoms with Crippen LogP contribution in [0, 0.1) is 0 Å². The Bertz CT molecular complexity index is 196. The summed E-state index contributed by atoms with van der Waals surface area (Å²) in [7, 11) is -3.27. The van der Waals surface area contributed by atoms with Crippen LogP contribution in [0.1, 0.15) is 39.5 Å². The van der Waals surface area contributed by atoms with Crippen molar-refractivity contribution in [2.75, 3.05) is 6.26 Å². The van der Waals surface area contributed by atoms with Gasteiger partial charge in [0.15, 0.2) is 0 Å². The lowest BCUT2D eigenvalue weighted by Crippen LogP contribution is -2.16. The molecule has 0 aromatic heterocycles. The lowest BCUT2D eigenvalue weighted by atomic mass is 10.1. The summed E-state index contributed by atoms with van der Waals surface area (Å²) in [6.45, 7) is 4.01. The van der Waals surface area contributed by atoms with E-state index in [1.54, 1.807) is 0 Å². The molecule has 0 aromatic rings. The molecule has 3 nitrogen and oxygen atoms in total. The van der Waals surface area contributed by atoms with Crippen LogP contribution in [0.4, 0.5) is 0 Å². The maximum absolute atomic E-state index is 10.7. The van der Waals surface area contributed by atoms with Crippen molar-refractivity contribution in [1.82, 2.24) is 0 Å². The quantitative estimate of drug-likeness (QED) is 0.607. The maximum atomic E-state index is 10.7. The highest BCUT2D eigenvalue weighted by Crippen LogP contribution is 2.10. The molecule has 1 unspecified atom stereocenters. The highest BCUT2D eigenvalue weighted by molar-refractivity contribution is 7.86. The van der Waals surface area contributed by atoms with Gasteiger partial charge in [0.25, 0.3) is 10.1 Å². The molecular weight excluding hydrogens is 176 g/mol. The molecule has 0 fully saturated rings. The van der Waals surface area contributed by atoms with Crippen molar-refractivity contribution in [2.45, 2.75) is 45.6 Å². The first-order valence-corrected chi connectivity index (χ1v) is 6.19. The van der Waals surface area contributed by atoms with Crippen molar-refractivity contribution in [3.05, 3.63) is 0 Å². The number of hydrogen-bond donors (Lipinski definition) is 0. The lowest BCUT2D eigenvalue weighted by Gasteiger charge is -2.12. The van der Waals surface area contributed by atoms with Crippen molar-refractivity contribution in [1.29, 1.82) is 0 Å². The van der Waals surface area contributed by atoms with Gasteiger partial charge < -0.3 is 0 Å². The van der Waals surface area contributed by atoms with Crippen molar-refractivity contribution in [3.63, 3.8) is 0 Å². The molecule has 12 heavy (non-hydrogen) atoms. The first kappa shape index (κ1) is 11.9. The van der Waals surface area contributed by atoms with Gasteiger partial charge in [0.05, 0.1) is 12.4 Å². The molecule has 0 aliphatic heterocycles. The van der Waals surface area contributed by atoms with E-state index in [2.05, 4.69) is 6.92 Å². The summed E-state index contributed by atoms with van der Waals surface area (Å²) in [4.78, 5) is 0. The second-order valence-corrected chi connectivity index (χ2v) is 4.57. The van der Waals surface area contributed by atoms with E-state index in [1.165, 1.54) is 0 Å². The largest absolute Gasteiger partial charge is 0.267 e. The minimum atomic E-state index is -3.27. The SMILES string of the molecule is CCCCC(CC)OS(C)(=O)=O. The van der Waals surface area contributed by atoms with Crippen LogP contribution in [-0.2, 0) is 14.3 Å². The first-order chi connectivity index (χ1) is 5.49. The van der Waals surface area contributed by atoms with Crippen LogP contribution in [0.15, 0.2) is 0 Å². The van der Waals surface area contributed by atoms with Crippen LogP contribution in [0.25, 0.3) is 0 Å². The summed E-state index contributed by atoms with van der Waals surface area (Å²) in [6.07, 6.45) is 4.66.